The molecule has 0 saturated carbocycles. The average molecular weight is 325 g/mol. The van der Waals surface area contributed by atoms with Gasteiger partial charge in [-0.25, -0.2) is 0 Å². The second kappa shape index (κ2) is 5.68. The molecule has 6 heteroatoms. The number of halogens is 1. The van der Waals surface area contributed by atoms with Crippen LogP contribution in [0.5, 0.6) is 0 Å². The van der Waals surface area contributed by atoms with Gasteiger partial charge in [-0.3, -0.25) is 10.1 Å². The van der Waals surface area contributed by atoms with Crippen LogP contribution >= 0.6 is 35.2 Å². The Balaban J connectivity index is 1.81. The summed E-state index contributed by atoms with van der Waals surface area (Å²) in [5.74, 6) is -0.215. The van der Waals surface area contributed by atoms with Crippen LogP contribution in [0.2, 0.25) is 5.02 Å². The number of carbonyl (C=O) groups excluding carboxylic acids is 1. The molecule has 1 aliphatic heterocycles. The summed E-state index contributed by atoms with van der Waals surface area (Å²) in [6.07, 6.45) is 2.25. The largest absolute Gasteiger partial charge is 0.349 e. The number of amides is 1. The van der Waals surface area contributed by atoms with Crippen LogP contribution in [0.15, 0.2) is 24.3 Å². The van der Waals surface area contributed by atoms with Gasteiger partial charge in [-0.15, -0.1) is 11.3 Å². The summed E-state index contributed by atoms with van der Waals surface area (Å²) in [5, 5.41) is 4.71. The van der Waals surface area contributed by atoms with Crippen molar-refractivity contribution in [3.8, 4) is 0 Å². The van der Waals surface area contributed by atoms with Crippen LogP contribution in [0.4, 0.5) is 0 Å². The number of nitrogens with zero attached hydrogens (tertiary/aromatic N) is 1. The molecule has 0 radical (unpaired) electrons. The monoisotopic (exact) mass is 324 g/mol. The number of thiophene rings is 1. The molecule has 1 aliphatic rings. The molecule has 0 atom stereocenters. The third-order valence-corrected chi connectivity index (χ3v) is 5.39. The summed E-state index contributed by atoms with van der Waals surface area (Å²) in [4.78, 5) is 14.8. The lowest BCUT2D eigenvalue weighted by atomic mass is 10.2. The number of likely N-dealkylation sites (tertiary alicyclic amines) is 1. The molecule has 0 bridgehead atoms. The molecular formula is C14H13ClN2OS2. The first kappa shape index (κ1) is 13.8. The van der Waals surface area contributed by atoms with Crippen molar-refractivity contribution >= 4 is 56.3 Å². The van der Waals surface area contributed by atoms with E-state index >= 15 is 0 Å². The number of hydrogen-bond acceptors (Lipinski definition) is 3. The molecule has 1 aromatic carbocycles. The van der Waals surface area contributed by atoms with Crippen molar-refractivity contribution in [2.24, 2.45) is 0 Å². The SMILES string of the molecule is O=C(NC(=S)N1CCCC1)c1sc2ccccc2c1Cl. The summed E-state index contributed by atoms with van der Waals surface area (Å²) in [6.45, 7) is 1.83. The third-order valence-electron chi connectivity index (χ3n) is 3.35. The standard InChI is InChI=1S/C14H13ClN2OS2/c15-11-9-5-1-2-6-10(9)20-12(11)13(18)16-14(19)17-7-3-4-8-17/h1-2,5-6H,3-4,7-8H2,(H,16,18,19). The highest BCUT2D eigenvalue weighted by atomic mass is 35.5. The van der Waals surface area contributed by atoms with Crippen LogP contribution in [0.1, 0.15) is 22.5 Å². The van der Waals surface area contributed by atoms with E-state index in [1.165, 1.54) is 11.3 Å². The topological polar surface area (TPSA) is 32.3 Å². The molecule has 1 fully saturated rings. The third kappa shape index (κ3) is 2.53. The lowest BCUT2D eigenvalue weighted by Gasteiger charge is -2.18. The second-order valence-corrected chi connectivity index (χ2v) is 6.51. The Labute approximate surface area is 131 Å². The van der Waals surface area contributed by atoms with Gasteiger partial charge in [0.15, 0.2) is 5.11 Å². The van der Waals surface area contributed by atoms with E-state index in [4.69, 9.17) is 23.8 Å². The molecule has 3 nitrogen and oxygen atoms in total. The molecule has 0 unspecified atom stereocenters. The second-order valence-electron chi connectivity index (χ2n) is 4.69. The van der Waals surface area contributed by atoms with Crippen LogP contribution in [0.3, 0.4) is 0 Å². The highest BCUT2D eigenvalue weighted by molar-refractivity contribution is 7.80. The lowest BCUT2D eigenvalue weighted by molar-refractivity contribution is 0.0978. The maximum atomic E-state index is 12.3. The first-order chi connectivity index (χ1) is 9.66. The Morgan fingerprint density at radius 2 is 2.00 bits per heavy atom. The molecule has 20 heavy (non-hydrogen) atoms. The first-order valence-corrected chi connectivity index (χ1v) is 8.04. The summed E-state index contributed by atoms with van der Waals surface area (Å²) in [5.41, 5.74) is 0. The molecule has 104 valence electrons. The normalized spacial score (nSPS) is 14.8. The van der Waals surface area contributed by atoms with Crippen LogP contribution in [-0.2, 0) is 0 Å². The zero-order valence-corrected chi connectivity index (χ0v) is 13.1. The molecule has 1 aromatic heterocycles. The molecule has 0 aliphatic carbocycles. The van der Waals surface area contributed by atoms with Gasteiger partial charge in [-0.2, -0.15) is 0 Å². The summed E-state index contributed by atoms with van der Waals surface area (Å²) >= 11 is 13.0. The zero-order valence-electron chi connectivity index (χ0n) is 10.7. The highest BCUT2D eigenvalue weighted by Crippen LogP contribution is 2.34. The minimum Gasteiger partial charge on any atom is -0.349 e. The summed E-state index contributed by atoms with van der Waals surface area (Å²) < 4.78 is 1.01. The Hall–Kier alpha value is -1.17. The van der Waals surface area contributed by atoms with E-state index in [1.807, 2.05) is 29.2 Å². The van der Waals surface area contributed by atoms with E-state index in [2.05, 4.69) is 5.32 Å². The van der Waals surface area contributed by atoms with E-state index in [9.17, 15) is 4.79 Å². The summed E-state index contributed by atoms with van der Waals surface area (Å²) in [6, 6.07) is 7.73. The molecule has 2 aromatic rings. The molecule has 1 N–H and O–H groups in total. The number of hydrogen-bond donors (Lipinski definition) is 1. The van der Waals surface area contributed by atoms with Crippen molar-refractivity contribution in [1.29, 1.82) is 0 Å². The molecule has 1 saturated heterocycles. The van der Waals surface area contributed by atoms with Crippen molar-refractivity contribution < 1.29 is 4.79 Å². The minimum atomic E-state index is -0.215. The van der Waals surface area contributed by atoms with E-state index < -0.39 is 0 Å². The van der Waals surface area contributed by atoms with Gasteiger partial charge < -0.3 is 4.90 Å². The predicted octanol–water partition coefficient (Wildman–Crippen LogP) is 3.67. The fourth-order valence-corrected chi connectivity index (χ4v) is 4.00. The maximum absolute atomic E-state index is 12.3. The molecular weight excluding hydrogens is 312 g/mol. The number of thiocarbonyl (C=S) groups is 1. The van der Waals surface area contributed by atoms with Gasteiger partial charge in [-0.1, -0.05) is 29.8 Å². The lowest BCUT2D eigenvalue weighted by Crippen LogP contribution is -2.40. The Bertz CT molecular complexity index is 677. The van der Waals surface area contributed by atoms with Gasteiger partial charge in [-0.05, 0) is 31.1 Å². The van der Waals surface area contributed by atoms with Crippen LogP contribution in [0, 0.1) is 0 Å². The van der Waals surface area contributed by atoms with Crippen LogP contribution in [-0.4, -0.2) is 29.0 Å². The number of fused-ring (bicyclic) bond motifs is 1. The average Bonchev–Trinajstić information content (AvgIpc) is 3.07. The van der Waals surface area contributed by atoms with E-state index in [1.54, 1.807) is 0 Å². The quantitative estimate of drug-likeness (QED) is 0.812. The van der Waals surface area contributed by atoms with Crippen molar-refractivity contribution in [3.05, 3.63) is 34.2 Å². The molecule has 2 heterocycles. The Morgan fingerprint density at radius 1 is 1.30 bits per heavy atom. The summed E-state index contributed by atoms with van der Waals surface area (Å²) in [7, 11) is 0. The van der Waals surface area contributed by atoms with Crippen molar-refractivity contribution in [1.82, 2.24) is 10.2 Å². The van der Waals surface area contributed by atoms with Crippen molar-refractivity contribution in [2.75, 3.05) is 13.1 Å². The predicted molar refractivity (Wildman–Crippen MR) is 87.7 cm³/mol. The van der Waals surface area contributed by atoms with Crippen molar-refractivity contribution in [2.45, 2.75) is 12.8 Å². The highest BCUT2D eigenvalue weighted by Gasteiger charge is 2.21. The van der Waals surface area contributed by atoms with Gasteiger partial charge in [0.2, 0.25) is 0 Å². The maximum Gasteiger partial charge on any atom is 0.269 e. The van der Waals surface area contributed by atoms with E-state index in [-0.39, 0.29) is 5.91 Å². The molecule has 1 amide bonds. The van der Waals surface area contributed by atoms with Gasteiger partial charge in [0.05, 0.1) is 5.02 Å². The van der Waals surface area contributed by atoms with E-state index in [0.717, 1.165) is 36.0 Å². The van der Waals surface area contributed by atoms with Gasteiger partial charge in [0, 0.05) is 23.2 Å². The number of rotatable bonds is 1. The molecule has 0 spiro atoms. The smallest absolute Gasteiger partial charge is 0.269 e. The zero-order chi connectivity index (χ0) is 14.1. The Kier molecular flexibility index (Phi) is 3.92. The van der Waals surface area contributed by atoms with Crippen molar-refractivity contribution in [3.63, 3.8) is 0 Å². The van der Waals surface area contributed by atoms with Crippen LogP contribution in [0.25, 0.3) is 10.1 Å². The first-order valence-electron chi connectivity index (χ1n) is 6.44. The number of benzene rings is 1. The Morgan fingerprint density at radius 3 is 2.70 bits per heavy atom. The van der Waals surface area contributed by atoms with Gasteiger partial charge >= 0.3 is 0 Å². The fraction of sp³-hybridized carbons (Fsp3) is 0.286. The number of carbonyl (C=O) groups is 1. The van der Waals surface area contributed by atoms with Gasteiger partial charge in [0.1, 0.15) is 4.88 Å². The van der Waals surface area contributed by atoms with E-state index in [0.29, 0.717) is 15.0 Å². The minimum absolute atomic E-state index is 0.215. The molecule has 3 rings (SSSR count). The fourth-order valence-electron chi connectivity index (χ4n) is 2.31. The van der Waals surface area contributed by atoms with Gasteiger partial charge in [0.25, 0.3) is 5.91 Å². The number of nitrogens with one attached hydrogen (secondary N) is 1. The van der Waals surface area contributed by atoms with Crippen LogP contribution < -0.4 is 5.32 Å².